The van der Waals surface area contributed by atoms with Crippen molar-refractivity contribution in [3.05, 3.63) is 11.6 Å². The van der Waals surface area contributed by atoms with Gasteiger partial charge < -0.3 is 109 Å². The highest BCUT2D eigenvalue weighted by atomic mass is 32.3. The molecule has 9 rings (SSSR count). The molecule has 27 nitrogen and oxygen atoms in total. The summed E-state index contributed by atoms with van der Waals surface area (Å²) >= 11 is 0. The highest BCUT2D eigenvalue weighted by Crippen LogP contribution is 2.67. The molecule has 5 heterocycles. The molecule has 5 aliphatic heterocycles. The summed E-state index contributed by atoms with van der Waals surface area (Å²) in [5.41, 5.74) is -1.25. The lowest BCUT2D eigenvalue weighted by atomic mass is 9.47. The van der Waals surface area contributed by atoms with Crippen molar-refractivity contribution in [2.45, 2.75) is 273 Å². The topological polar surface area (TPSA) is 416 Å². The minimum Gasteiger partial charge on any atom is -0.389 e. The molecule has 0 aromatic heterocycles. The van der Waals surface area contributed by atoms with Gasteiger partial charge in [0.15, 0.2) is 31.5 Å². The van der Waals surface area contributed by atoms with Crippen LogP contribution in [-0.2, 0) is 66.7 Å². The van der Waals surface area contributed by atoms with Gasteiger partial charge in [-0.25, -0.2) is 4.18 Å². The number of Topliss-reactive ketones (excluding diaryl/α,β-unsaturated/α-hetero) is 1. The molecule has 8 fully saturated rings. The first kappa shape index (κ1) is 66.8. The van der Waals surface area contributed by atoms with E-state index in [1.165, 1.54) is 20.8 Å². The summed E-state index contributed by atoms with van der Waals surface area (Å²) in [5, 5.41) is 134. The van der Waals surface area contributed by atoms with Crippen LogP contribution in [0.15, 0.2) is 11.6 Å². The van der Waals surface area contributed by atoms with E-state index >= 15 is 0 Å². The summed E-state index contributed by atoms with van der Waals surface area (Å²) in [6.07, 6.45) is -34.3. The average molecular weight is 1230 g/mol. The Morgan fingerprint density at radius 2 is 1.15 bits per heavy atom. The molecule has 3 unspecified atom stereocenters. The molecule has 0 spiro atoms. The van der Waals surface area contributed by atoms with E-state index in [9.17, 15) is 79.0 Å². The Labute approximate surface area is 489 Å². The summed E-state index contributed by atoms with van der Waals surface area (Å²) < 4.78 is 100. The lowest BCUT2D eigenvalue weighted by Gasteiger charge is -2.60. The Hall–Kier alpha value is -1.60. The third-order valence-electron chi connectivity index (χ3n) is 20.8. The first-order chi connectivity index (χ1) is 39.2. The fourth-order valence-electron chi connectivity index (χ4n) is 15.4. The number of aliphatic hydroxyl groups excluding tert-OH is 11. The van der Waals surface area contributed by atoms with Gasteiger partial charge in [0.25, 0.3) is 0 Å². The minimum atomic E-state index is -4.88. The molecule has 0 radical (unpaired) electrons. The number of rotatable bonds is 17. The average Bonchev–Trinajstić information content (AvgIpc) is 1.86. The van der Waals surface area contributed by atoms with Crippen molar-refractivity contribution in [2.24, 2.45) is 46.3 Å². The van der Waals surface area contributed by atoms with E-state index in [4.69, 9.17) is 51.6 Å². The second-order valence-electron chi connectivity index (χ2n) is 26.6. The van der Waals surface area contributed by atoms with Gasteiger partial charge in [0.2, 0.25) is 0 Å². The number of carbonyl (C=O) groups is 1. The molecule has 5 saturated heterocycles. The van der Waals surface area contributed by atoms with Gasteiger partial charge >= 0.3 is 10.4 Å². The van der Waals surface area contributed by atoms with Crippen molar-refractivity contribution in [1.82, 2.24) is 0 Å². The molecule has 4 aliphatic carbocycles. The maximum absolute atomic E-state index is 13.5. The summed E-state index contributed by atoms with van der Waals surface area (Å²) in [7, 11) is -4.88. The third kappa shape index (κ3) is 13.0. The number of allylic oxidation sites excluding steroid dienone is 2. The van der Waals surface area contributed by atoms with Gasteiger partial charge in [0.1, 0.15) is 97.3 Å². The molecular formula is C56H92O27S. The largest absolute Gasteiger partial charge is 0.397 e. The van der Waals surface area contributed by atoms with E-state index in [1.807, 2.05) is 20.8 Å². The van der Waals surface area contributed by atoms with Gasteiger partial charge in [0, 0.05) is 12.3 Å². The summed E-state index contributed by atoms with van der Waals surface area (Å²) in [5.74, 6) is -1.03. The quantitative estimate of drug-likeness (QED) is 0.0565. The molecular weight excluding hydrogens is 1140 g/mol. The van der Waals surface area contributed by atoms with Crippen LogP contribution in [-0.4, -0.2) is 252 Å². The SMILES string of the molecule is CC(C)[C@@H](C)C(=O)C[C@](C)(O)[C@H]1CCC2C3C[C@H](O[C@@H]4O[C@H](C)[C@@H](O)[C@H](O[C@@H]5OC[C@@H](O[C@@H]6OC[C@H](O)[C@H](O)[C@H]6O[C@@H]6O[C@H](C)[C@H](O)[C@H](O)[C@H]6O)[C@H](O)[C@H]5O[C@@H]5O[C@H](C)[C@@H](O)[C@H](O)[C@H]5O)[C@H]4O)C4C[C@@H](OS(=O)(=O)O)CC[C@]4(C)C3=CC[C@@]21C. The monoisotopic (exact) mass is 1230 g/mol. The minimum absolute atomic E-state index is 0.00122. The second kappa shape index (κ2) is 25.6. The number of ketones is 1. The van der Waals surface area contributed by atoms with Crippen LogP contribution in [0.25, 0.3) is 0 Å². The van der Waals surface area contributed by atoms with Gasteiger partial charge in [0.05, 0.1) is 49.3 Å². The highest BCUT2D eigenvalue weighted by molar-refractivity contribution is 7.80. The van der Waals surface area contributed by atoms with Crippen LogP contribution in [0.4, 0.5) is 0 Å². The van der Waals surface area contributed by atoms with Crippen molar-refractivity contribution in [1.29, 1.82) is 0 Å². The molecule has 3 saturated carbocycles. The number of fused-ring (bicyclic) bond motifs is 5. The van der Waals surface area contributed by atoms with Crippen LogP contribution in [0.3, 0.4) is 0 Å². The van der Waals surface area contributed by atoms with Crippen molar-refractivity contribution < 1.29 is 131 Å². The molecule has 484 valence electrons. The molecule has 0 aromatic carbocycles. The van der Waals surface area contributed by atoms with E-state index < -0.39 is 199 Å². The molecule has 0 aromatic rings. The number of hydrogen-bond acceptors (Lipinski definition) is 26. The zero-order chi connectivity index (χ0) is 61.6. The van der Waals surface area contributed by atoms with Crippen molar-refractivity contribution in [3.8, 4) is 0 Å². The summed E-state index contributed by atoms with van der Waals surface area (Å²) in [4.78, 5) is 13.5. The van der Waals surface area contributed by atoms with Crippen LogP contribution in [0.1, 0.15) is 114 Å². The van der Waals surface area contributed by atoms with Gasteiger partial charge in [-0.1, -0.05) is 46.3 Å². The van der Waals surface area contributed by atoms with E-state index in [2.05, 4.69) is 19.9 Å². The molecule has 9 aliphatic rings. The lowest BCUT2D eigenvalue weighted by molar-refractivity contribution is -0.394. The lowest BCUT2D eigenvalue weighted by Crippen LogP contribution is -2.66. The summed E-state index contributed by atoms with van der Waals surface area (Å²) in [6.45, 7) is 15.0. The van der Waals surface area contributed by atoms with Crippen LogP contribution < -0.4 is 0 Å². The number of aliphatic hydroxyl groups is 12. The van der Waals surface area contributed by atoms with Gasteiger partial charge in [-0.3, -0.25) is 9.35 Å². The maximum atomic E-state index is 13.5. The number of ether oxygens (including phenoxy) is 10. The van der Waals surface area contributed by atoms with E-state index in [-0.39, 0.29) is 54.6 Å². The zero-order valence-corrected chi connectivity index (χ0v) is 49.8. The van der Waals surface area contributed by atoms with Gasteiger partial charge in [-0.15, -0.1) is 0 Å². The third-order valence-corrected chi connectivity index (χ3v) is 21.3. The Morgan fingerprint density at radius 1 is 0.631 bits per heavy atom. The standard InChI is InChI=1S/C56H92O27S/c1-21(2)22(3)31(57)18-56(9,69)35-11-10-28-27-17-33(30-16-26(83-84(70,71)72)12-14-54(30,7)29(27)13-15-55(28,35)8)78-51-45(68)46(38(61)25(6)77-51)80-53-48(82-50-44(67)42(65)37(60)24(5)76-50)40(63)34(20-74-53)79-52-47(39(62)32(58)19-73-52)81-49-43(66)41(64)36(59)23(4)75-49/h13,21-28,30,32-53,58-69H,10-12,14-20H2,1-9H3,(H,70,71,72)/t22-,23-,24-,25-,26+,27?,28?,30?,32+,33+,34-,35+,36+,37-,38-,39+,40+,41+,42+,43-,44-,45-,46+,47-,48-,49+,50+,51+,52+,53+,54-,55+,56+/m1/s1. The highest BCUT2D eigenvalue weighted by Gasteiger charge is 2.64. The smallest absolute Gasteiger partial charge is 0.389 e. The fourth-order valence-corrected chi connectivity index (χ4v) is 16.0. The van der Waals surface area contributed by atoms with Crippen LogP contribution in [0.2, 0.25) is 0 Å². The molecule has 13 N–H and O–H groups in total. The predicted molar refractivity (Wildman–Crippen MR) is 284 cm³/mol. The molecule has 0 amide bonds. The van der Waals surface area contributed by atoms with Crippen LogP contribution in [0.5, 0.6) is 0 Å². The Bertz CT molecular complexity index is 2400. The second-order valence-corrected chi connectivity index (χ2v) is 27.6. The predicted octanol–water partition coefficient (Wildman–Crippen LogP) is -1.79. The number of carbonyl (C=O) groups excluding carboxylic acids is 1. The first-order valence-electron chi connectivity index (χ1n) is 29.7. The van der Waals surface area contributed by atoms with Crippen LogP contribution in [0, 0.1) is 46.3 Å². The molecule has 0 bridgehead atoms. The maximum Gasteiger partial charge on any atom is 0.397 e. The van der Waals surface area contributed by atoms with Gasteiger partial charge in [-0.2, -0.15) is 8.42 Å². The normalized spacial score (nSPS) is 51.2. The summed E-state index contributed by atoms with van der Waals surface area (Å²) in [6, 6.07) is 0. The fraction of sp³-hybridized carbons (Fsp3) is 0.946. The first-order valence-corrected chi connectivity index (χ1v) is 31.1. The van der Waals surface area contributed by atoms with E-state index in [0.717, 1.165) is 12.0 Å². The Morgan fingerprint density at radius 3 is 1.74 bits per heavy atom. The van der Waals surface area contributed by atoms with E-state index in [0.29, 0.717) is 25.7 Å². The zero-order valence-electron chi connectivity index (χ0n) is 49.0. The Kier molecular flexibility index (Phi) is 20.4. The van der Waals surface area contributed by atoms with Crippen molar-refractivity contribution >= 4 is 16.2 Å². The molecule has 84 heavy (non-hydrogen) atoms. The molecule has 33 atom stereocenters. The van der Waals surface area contributed by atoms with Crippen molar-refractivity contribution in [2.75, 3.05) is 13.2 Å². The van der Waals surface area contributed by atoms with Crippen LogP contribution >= 0.6 is 0 Å². The van der Waals surface area contributed by atoms with Crippen molar-refractivity contribution in [3.63, 3.8) is 0 Å². The van der Waals surface area contributed by atoms with Gasteiger partial charge in [-0.05, 0) is 113 Å². The molecule has 28 heteroatoms. The number of hydrogen-bond donors (Lipinski definition) is 13. The van der Waals surface area contributed by atoms with E-state index in [1.54, 1.807) is 6.92 Å². The Balaban J connectivity index is 0.973.